The van der Waals surface area contributed by atoms with E-state index in [-0.39, 0.29) is 6.09 Å². The Bertz CT molecular complexity index is 399. The minimum atomic E-state index is -0.266. The van der Waals surface area contributed by atoms with E-state index in [1.165, 1.54) is 5.56 Å². The Labute approximate surface area is 122 Å². The Morgan fingerprint density at radius 3 is 2.30 bits per heavy atom. The third-order valence-electron chi connectivity index (χ3n) is 3.38. The molecule has 0 aliphatic carbocycles. The van der Waals surface area contributed by atoms with E-state index in [1.54, 1.807) is 11.9 Å². The first-order valence-electron chi connectivity index (χ1n) is 7.22. The lowest BCUT2D eigenvalue weighted by molar-refractivity contribution is 0.0973. The molecular formula is C16H26N2O2. The number of rotatable bonds is 7. The second kappa shape index (κ2) is 8.59. The SMILES string of the molecule is CCN(CC)CCOC(=O)N(C)Cc1ccc(C)cc1. The van der Waals surface area contributed by atoms with Gasteiger partial charge in [0.1, 0.15) is 6.61 Å². The van der Waals surface area contributed by atoms with Crippen LogP contribution in [-0.4, -0.2) is 49.2 Å². The molecule has 0 saturated carbocycles. The normalized spacial score (nSPS) is 10.7. The van der Waals surface area contributed by atoms with Crippen molar-refractivity contribution in [1.82, 2.24) is 9.80 Å². The summed E-state index contributed by atoms with van der Waals surface area (Å²) in [5.41, 5.74) is 2.33. The minimum Gasteiger partial charge on any atom is -0.448 e. The van der Waals surface area contributed by atoms with Gasteiger partial charge in [-0.1, -0.05) is 43.7 Å². The summed E-state index contributed by atoms with van der Waals surface area (Å²) in [6, 6.07) is 8.17. The van der Waals surface area contributed by atoms with Gasteiger partial charge in [0, 0.05) is 20.1 Å². The van der Waals surface area contributed by atoms with Crippen LogP contribution in [0.1, 0.15) is 25.0 Å². The molecule has 0 fully saturated rings. The highest BCUT2D eigenvalue weighted by molar-refractivity contribution is 5.67. The highest BCUT2D eigenvalue weighted by Crippen LogP contribution is 2.06. The van der Waals surface area contributed by atoms with Crippen LogP contribution in [0.15, 0.2) is 24.3 Å². The van der Waals surface area contributed by atoms with Crippen molar-refractivity contribution >= 4 is 6.09 Å². The van der Waals surface area contributed by atoms with E-state index in [0.717, 1.165) is 25.2 Å². The highest BCUT2D eigenvalue weighted by Gasteiger charge is 2.10. The number of benzene rings is 1. The van der Waals surface area contributed by atoms with E-state index in [4.69, 9.17) is 4.74 Å². The summed E-state index contributed by atoms with van der Waals surface area (Å²) in [6.07, 6.45) is -0.266. The van der Waals surface area contributed by atoms with Crippen LogP contribution in [0.3, 0.4) is 0 Å². The maximum Gasteiger partial charge on any atom is 0.409 e. The number of nitrogens with zero attached hydrogens (tertiary/aromatic N) is 2. The summed E-state index contributed by atoms with van der Waals surface area (Å²) in [4.78, 5) is 15.7. The smallest absolute Gasteiger partial charge is 0.409 e. The first kappa shape index (κ1) is 16.5. The van der Waals surface area contributed by atoms with Crippen LogP contribution in [0.25, 0.3) is 0 Å². The number of aryl methyl sites for hydroxylation is 1. The first-order valence-corrected chi connectivity index (χ1v) is 7.22. The van der Waals surface area contributed by atoms with Crippen LogP contribution in [0.2, 0.25) is 0 Å². The van der Waals surface area contributed by atoms with Gasteiger partial charge in [-0.25, -0.2) is 4.79 Å². The average Bonchev–Trinajstić information content (AvgIpc) is 2.45. The molecule has 4 nitrogen and oxygen atoms in total. The molecule has 4 heteroatoms. The minimum absolute atomic E-state index is 0.266. The van der Waals surface area contributed by atoms with Gasteiger partial charge in [-0.05, 0) is 25.6 Å². The fourth-order valence-corrected chi connectivity index (χ4v) is 1.94. The topological polar surface area (TPSA) is 32.8 Å². The first-order chi connectivity index (χ1) is 9.56. The van der Waals surface area contributed by atoms with Crippen LogP contribution in [0, 0.1) is 6.92 Å². The summed E-state index contributed by atoms with van der Waals surface area (Å²) in [5.74, 6) is 0. The number of hydrogen-bond donors (Lipinski definition) is 0. The molecule has 0 saturated heterocycles. The van der Waals surface area contributed by atoms with E-state index in [9.17, 15) is 4.79 Å². The van der Waals surface area contributed by atoms with Crippen LogP contribution < -0.4 is 0 Å². The van der Waals surface area contributed by atoms with Gasteiger partial charge in [-0.15, -0.1) is 0 Å². The van der Waals surface area contributed by atoms with Crippen LogP contribution >= 0.6 is 0 Å². The number of carbonyl (C=O) groups is 1. The Morgan fingerprint density at radius 1 is 1.15 bits per heavy atom. The lowest BCUT2D eigenvalue weighted by Crippen LogP contribution is -2.32. The van der Waals surface area contributed by atoms with Gasteiger partial charge in [-0.3, -0.25) is 0 Å². The molecule has 0 atom stereocenters. The number of amides is 1. The van der Waals surface area contributed by atoms with Gasteiger partial charge >= 0.3 is 6.09 Å². The quantitative estimate of drug-likeness (QED) is 0.769. The van der Waals surface area contributed by atoms with Gasteiger partial charge in [-0.2, -0.15) is 0 Å². The number of ether oxygens (including phenoxy) is 1. The van der Waals surface area contributed by atoms with Crippen molar-refractivity contribution in [3.8, 4) is 0 Å². The molecule has 0 N–H and O–H groups in total. The Balaban J connectivity index is 2.33. The number of hydrogen-bond acceptors (Lipinski definition) is 3. The predicted molar refractivity (Wildman–Crippen MR) is 81.8 cm³/mol. The molecule has 20 heavy (non-hydrogen) atoms. The van der Waals surface area contributed by atoms with Gasteiger partial charge in [0.05, 0.1) is 0 Å². The van der Waals surface area contributed by atoms with Crippen LogP contribution in [-0.2, 0) is 11.3 Å². The zero-order valence-electron chi connectivity index (χ0n) is 13.1. The molecule has 1 rings (SSSR count). The molecule has 0 aromatic heterocycles. The van der Waals surface area contributed by atoms with Gasteiger partial charge in [0.25, 0.3) is 0 Å². The second-order valence-corrected chi connectivity index (χ2v) is 4.98. The standard InChI is InChI=1S/C16H26N2O2/c1-5-18(6-2)11-12-20-16(19)17(4)13-15-9-7-14(3)8-10-15/h7-10H,5-6,11-13H2,1-4H3. The van der Waals surface area contributed by atoms with Crippen molar-refractivity contribution in [2.24, 2.45) is 0 Å². The van der Waals surface area contributed by atoms with E-state index in [2.05, 4.69) is 37.8 Å². The largest absolute Gasteiger partial charge is 0.448 e. The molecule has 0 spiro atoms. The van der Waals surface area contributed by atoms with Crippen molar-refractivity contribution < 1.29 is 9.53 Å². The van der Waals surface area contributed by atoms with Crippen molar-refractivity contribution in [3.05, 3.63) is 35.4 Å². The molecule has 1 aromatic carbocycles. The second-order valence-electron chi connectivity index (χ2n) is 4.98. The molecule has 1 amide bonds. The fourth-order valence-electron chi connectivity index (χ4n) is 1.94. The maximum absolute atomic E-state index is 11.9. The summed E-state index contributed by atoms with van der Waals surface area (Å²) in [6.45, 7) is 10.0. The van der Waals surface area contributed by atoms with Gasteiger partial charge in [0.2, 0.25) is 0 Å². The zero-order valence-corrected chi connectivity index (χ0v) is 13.1. The van der Waals surface area contributed by atoms with Crippen molar-refractivity contribution in [2.45, 2.75) is 27.3 Å². The van der Waals surface area contributed by atoms with Crippen molar-refractivity contribution in [1.29, 1.82) is 0 Å². The summed E-state index contributed by atoms with van der Waals surface area (Å²) in [7, 11) is 1.76. The van der Waals surface area contributed by atoms with Gasteiger partial charge < -0.3 is 14.5 Å². The summed E-state index contributed by atoms with van der Waals surface area (Å²) >= 11 is 0. The average molecular weight is 278 g/mol. The third kappa shape index (κ3) is 5.61. The fraction of sp³-hybridized carbons (Fsp3) is 0.562. The number of carbonyl (C=O) groups excluding carboxylic acids is 1. The molecule has 0 aliphatic heterocycles. The molecule has 0 aliphatic rings. The Kier molecular flexibility index (Phi) is 7.09. The Hall–Kier alpha value is -1.55. The van der Waals surface area contributed by atoms with E-state index in [0.29, 0.717) is 13.2 Å². The monoisotopic (exact) mass is 278 g/mol. The summed E-state index contributed by atoms with van der Waals surface area (Å²) < 4.78 is 5.28. The third-order valence-corrected chi connectivity index (χ3v) is 3.38. The molecule has 112 valence electrons. The molecule has 1 aromatic rings. The summed E-state index contributed by atoms with van der Waals surface area (Å²) in [5, 5.41) is 0. The maximum atomic E-state index is 11.9. The highest BCUT2D eigenvalue weighted by atomic mass is 16.6. The molecule has 0 bridgehead atoms. The van der Waals surface area contributed by atoms with Gasteiger partial charge in [0.15, 0.2) is 0 Å². The molecule has 0 unspecified atom stereocenters. The number of likely N-dealkylation sites (N-methyl/N-ethyl adjacent to an activating group) is 1. The van der Waals surface area contributed by atoms with E-state index < -0.39 is 0 Å². The lowest BCUT2D eigenvalue weighted by Gasteiger charge is -2.20. The van der Waals surface area contributed by atoms with E-state index in [1.807, 2.05) is 12.1 Å². The van der Waals surface area contributed by atoms with E-state index >= 15 is 0 Å². The Morgan fingerprint density at radius 2 is 1.75 bits per heavy atom. The van der Waals surface area contributed by atoms with Crippen molar-refractivity contribution in [2.75, 3.05) is 33.3 Å². The predicted octanol–water partition coefficient (Wildman–Crippen LogP) is 2.91. The molecular weight excluding hydrogens is 252 g/mol. The molecule has 0 heterocycles. The lowest BCUT2D eigenvalue weighted by atomic mass is 10.1. The van der Waals surface area contributed by atoms with Crippen LogP contribution in [0.4, 0.5) is 4.79 Å². The van der Waals surface area contributed by atoms with Crippen molar-refractivity contribution in [3.63, 3.8) is 0 Å². The zero-order chi connectivity index (χ0) is 15.0. The molecule has 0 radical (unpaired) electrons. The van der Waals surface area contributed by atoms with Crippen LogP contribution in [0.5, 0.6) is 0 Å².